The number of hydrogen-bond donors (Lipinski definition) is 2. The molecule has 0 atom stereocenters. The van der Waals surface area contributed by atoms with Gasteiger partial charge in [-0.25, -0.2) is 13.8 Å². The first kappa shape index (κ1) is 15.2. The van der Waals surface area contributed by atoms with Crippen LogP contribution in [0.15, 0.2) is 30.5 Å². The van der Waals surface area contributed by atoms with Crippen molar-refractivity contribution in [3.05, 3.63) is 47.7 Å². The molecule has 112 valence electrons. The summed E-state index contributed by atoms with van der Waals surface area (Å²) >= 11 is 0. The van der Waals surface area contributed by atoms with Crippen LogP contribution in [0.4, 0.5) is 20.5 Å². The molecule has 1 aromatic carbocycles. The van der Waals surface area contributed by atoms with Crippen molar-refractivity contribution < 1.29 is 8.78 Å². The van der Waals surface area contributed by atoms with Crippen molar-refractivity contribution in [2.75, 3.05) is 23.7 Å². The number of nitrogens with one attached hydrogen (secondary N) is 2. The van der Waals surface area contributed by atoms with Crippen LogP contribution in [-0.2, 0) is 6.42 Å². The minimum absolute atomic E-state index is 0.172. The summed E-state index contributed by atoms with van der Waals surface area (Å²) in [5.74, 6) is -0.176. The Morgan fingerprint density at radius 2 is 1.81 bits per heavy atom. The molecule has 6 heteroatoms. The van der Waals surface area contributed by atoms with Crippen molar-refractivity contribution in [1.82, 2.24) is 9.97 Å². The van der Waals surface area contributed by atoms with Gasteiger partial charge in [-0.05, 0) is 30.5 Å². The van der Waals surface area contributed by atoms with Gasteiger partial charge in [0.1, 0.15) is 5.82 Å². The van der Waals surface area contributed by atoms with Gasteiger partial charge < -0.3 is 10.6 Å². The topological polar surface area (TPSA) is 49.8 Å². The van der Waals surface area contributed by atoms with Crippen molar-refractivity contribution in [2.45, 2.75) is 19.8 Å². The van der Waals surface area contributed by atoms with Crippen molar-refractivity contribution in [3.8, 4) is 0 Å². The van der Waals surface area contributed by atoms with Crippen molar-refractivity contribution in [3.63, 3.8) is 0 Å². The molecule has 0 spiro atoms. The van der Waals surface area contributed by atoms with Gasteiger partial charge in [0.05, 0.1) is 6.20 Å². The van der Waals surface area contributed by atoms with E-state index in [9.17, 15) is 8.78 Å². The summed E-state index contributed by atoms with van der Waals surface area (Å²) in [5.41, 5.74) is 0.975. The molecule has 2 rings (SSSR count). The summed E-state index contributed by atoms with van der Waals surface area (Å²) < 4.78 is 26.4. The average Bonchev–Trinajstić information content (AvgIpc) is 2.50. The van der Waals surface area contributed by atoms with Crippen molar-refractivity contribution >= 4 is 11.8 Å². The summed E-state index contributed by atoms with van der Waals surface area (Å²) in [7, 11) is 0. The summed E-state index contributed by atoms with van der Waals surface area (Å²) in [6, 6.07) is 6.24. The predicted octanol–water partition coefficient (Wildman–Crippen LogP) is 3.23. The van der Waals surface area contributed by atoms with Crippen LogP contribution >= 0.6 is 0 Å². The van der Waals surface area contributed by atoms with E-state index in [-0.39, 0.29) is 11.6 Å². The fourth-order valence-electron chi connectivity index (χ4n) is 1.79. The molecule has 0 amide bonds. The molecular formula is C15H18F2N4. The molecule has 2 aromatic rings. The van der Waals surface area contributed by atoms with Crippen LogP contribution in [0.3, 0.4) is 0 Å². The van der Waals surface area contributed by atoms with E-state index in [0.29, 0.717) is 18.9 Å². The second kappa shape index (κ2) is 7.52. The van der Waals surface area contributed by atoms with Gasteiger partial charge in [0, 0.05) is 13.1 Å². The highest BCUT2D eigenvalue weighted by atomic mass is 19.1. The highest BCUT2D eigenvalue weighted by Crippen LogP contribution is 2.12. The van der Waals surface area contributed by atoms with Gasteiger partial charge in [0.2, 0.25) is 5.95 Å². The van der Waals surface area contributed by atoms with Gasteiger partial charge in [-0.15, -0.1) is 0 Å². The van der Waals surface area contributed by atoms with E-state index >= 15 is 0 Å². The first-order chi connectivity index (χ1) is 10.2. The Hall–Kier alpha value is -2.24. The highest BCUT2D eigenvalue weighted by molar-refractivity contribution is 5.41. The number of nitrogens with zero attached hydrogens (tertiary/aromatic N) is 2. The second-order valence-electron chi connectivity index (χ2n) is 4.62. The fourth-order valence-corrected chi connectivity index (χ4v) is 1.79. The van der Waals surface area contributed by atoms with E-state index < -0.39 is 5.82 Å². The van der Waals surface area contributed by atoms with Crippen LogP contribution in [0.2, 0.25) is 0 Å². The standard InChI is InChI=1S/C15H18F2N4/c1-2-8-19-15-20-10-13(17)14(21-15)18-9-7-11-3-5-12(16)6-4-11/h3-6,10H,2,7-9H2,1H3,(H2,18,19,20,21). The van der Waals surface area contributed by atoms with Gasteiger partial charge in [-0.1, -0.05) is 19.1 Å². The van der Waals surface area contributed by atoms with Gasteiger partial charge >= 0.3 is 0 Å². The lowest BCUT2D eigenvalue weighted by molar-refractivity contribution is 0.617. The maximum atomic E-state index is 13.6. The fraction of sp³-hybridized carbons (Fsp3) is 0.333. The molecule has 0 aliphatic rings. The predicted molar refractivity (Wildman–Crippen MR) is 79.4 cm³/mol. The van der Waals surface area contributed by atoms with Gasteiger partial charge in [0.25, 0.3) is 0 Å². The number of benzene rings is 1. The molecule has 0 radical (unpaired) electrons. The van der Waals surface area contributed by atoms with E-state index in [2.05, 4.69) is 20.6 Å². The second-order valence-corrected chi connectivity index (χ2v) is 4.62. The van der Waals surface area contributed by atoms with Crippen molar-refractivity contribution in [1.29, 1.82) is 0 Å². The molecule has 0 saturated heterocycles. The minimum atomic E-state index is -0.490. The van der Waals surface area contributed by atoms with Gasteiger partial charge in [-0.2, -0.15) is 4.98 Å². The Balaban J connectivity index is 1.91. The third-order valence-corrected chi connectivity index (χ3v) is 2.90. The molecule has 4 nitrogen and oxygen atoms in total. The molecule has 1 heterocycles. The van der Waals surface area contributed by atoms with Crippen LogP contribution in [-0.4, -0.2) is 23.1 Å². The molecule has 2 N–H and O–H groups in total. The lowest BCUT2D eigenvalue weighted by Crippen LogP contribution is -2.11. The summed E-state index contributed by atoms with van der Waals surface area (Å²) in [5, 5.41) is 5.94. The van der Waals surface area contributed by atoms with Crippen molar-refractivity contribution in [2.24, 2.45) is 0 Å². The Kier molecular flexibility index (Phi) is 5.43. The zero-order valence-electron chi connectivity index (χ0n) is 11.9. The number of aromatic nitrogens is 2. The van der Waals surface area contributed by atoms with Crippen LogP contribution in [0.5, 0.6) is 0 Å². The third kappa shape index (κ3) is 4.66. The van der Waals surface area contributed by atoms with E-state index in [1.807, 2.05) is 6.92 Å². The average molecular weight is 292 g/mol. The zero-order chi connectivity index (χ0) is 15.1. The monoisotopic (exact) mass is 292 g/mol. The summed E-state index contributed by atoms with van der Waals surface area (Å²) in [6.45, 7) is 3.27. The molecule has 21 heavy (non-hydrogen) atoms. The Morgan fingerprint density at radius 1 is 1.05 bits per heavy atom. The Labute approximate surface area is 122 Å². The van der Waals surface area contributed by atoms with E-state index in [0.717, 1.165) is 24.7 Å². The molecule has 0 fully saturated rings. The molecule has 0 saturated carbocycles. The lowest BCUT2D eigenvalue weighted by Gasteiger charge is -2.09. The van der Waals surface area contributed by atoms with E-state index in [4.69, 9.17) is 0 Å². The Morgan fingerprint density at radius 3 is 2.52 bits per heavy atom. The molecule has 0 aliphatic heterocycles. The summed E-state index contributed by atoms with van der Waals surface area (Å²) in [4.78, 5) is 7.96. The number of halogens is 2. The molecule has 0 bridgehead atoms. The van der Waals surface area contributed by atoms with E-state index in [1.54, 1.807) is 12.1 Å². The molecule has 0 aliphatic carbocycles. The normalized spacial score (nSPS) is 10.4. The first-order valence-electron chi connectivity index (χ1n) is 6.93. The summed E-state index contributed by atoms with van der Waals surface area (Å²) in [6.07, 6.45) is 2.74. The van der Waals surface area contributed by atoms with Crippen LogP contribution in [0.1, 0.15) is 18.9 Å². The number of rotatable bonds is 7. The zero-order valence-corrected chi connectivity index (χ0v) is 11.9. The maximum absolute atomic E-state index is 13.6. The maximum Gasteiger partial charge on any atom is 0.224 e. The SMILES string of the molecule is CCCNc1ncc(F)c(NCCc2ccc(F)cc2)n1. The number of hydrogen-bond acceptors (Lipinski definition) is 4. The number of anilines is 2. The van der Waals surface area contributed by atoms with E-state index in [1.165, 1.54) is 12.1 Å². The quantitative estimate of drug-likeness (QED) is 0.822. The molecule has 0 unspecified atom stereocenters. The smallest absolute Gasteiger partial charge is 0.224 e. The van der Waals surface area contributed by atoms with Crippen LogP contribution < -0.4 is 10.6 Å². The highest BCUT2D eigenvalue weighted by Gasteiger charge is 2.06. The van der Waals surface area contributed by atoms with Gasteiger partial charge in [0.15, 0.2) is 11.6 Å². The Bertz CT molecular complexity index is 572. The third-order valence-electron chi connectivity index (χ3n) is 2.90. The first-order valence-corrected chi connectivity index (χ1v) is 6.93. The minimum Gasteiger partial charge on any atom is -0.367 e. The largest absolute Gasteiger partial charge is 0.367 e. The van der Waals surface area contributed by atoms with Crippen LogP contribution in [0, 0.1) is 11.6 Å². The van der Waals surface area contributed by atoms with Crippen LogP contribution in [0.25, 0.3) is 0 Å². The lowest BCUT2D eigenvalue weighted by atomic mass is 10.1. The molecule has 1 aromatic heterocycles. The molecular weight excluding hydrogens is 274 g/mol. The van der Waals surface area contributed by atoms with Gasteiger partial charge in [-0.3, -0.25) is 0 Å².